The minimum atomic E-state index is -4.26. The van der Waals surface area contributed by atoms with Crippen LogP contribution in [-0.4, -0.2) is 193 Å². The van der Waals surface area contributed by atoms with Crippen LogP contribution in [0.2, 0.25) is 0 Å². The summed E-state index contributed by atoms with van der Waals surface area (Å²) in [6.07, 6.45) is 0.0759. The van der Waals surface area contributed by atoms with Gasteiger partial charge in [-0.25, -0.2) is 36.8 Å². The number of fused-ring (bicyclic) bond motifs is 4. The average Bonchev–Trinajstić information content (AvgIpc) is 1.64. The number of hydrogen-bond donors (Lipinski definition) is 1. The van der Waals surface area contributed by atoms with Crippen LogP contribution in [0.4, 0.5) is 38.0 Å². The second-order valence-electron chi connectivity index (χ2n) is 29.3. The molecule has 2 aromatic carbocycles. The van der Waals surface area contributed by atoms with Gasteiger partial charge < -0.3 is 24.3 Å². The van der Waals surface area contributed by atoms with Gasteiger partial charge >= 0.3 is 12.4 Å². The molecule has 0 saturated carbocycles. The molecular weight excluding hydrogens is 1380 g/mol. The summed E-state index contributed by atoms with van der Waals surface area (Å²) in [5, 5.41) is 26.0. The summed E-state index contributed by atoms with van der Waals surface area (Å²) in [6, 6.07) is 20.1. The van der Waals surface area contributed by atoms with Crippen molar-refractivity contribution in [2.75, 3.05) is 101 Å². The summed E-state index contributed by atoms with van der Waals surface area (Å²) in [6.45, 7) is 24.4. The first-order valence-electron chi connectivity index (χ1n) is 34.7. The van der Waals surface area contributed by atoms with Crippen molar-refractivity contribution < 1.29 is 48.0 Å². The molecule has 542 valence electrons. The van der Waals surface area contributed by atoms with Crippen LogP contribution in [0.5, 0.6) is 0 Å². The van der Waals surface area contributed by atoms with Gasteiger partial charge in [0.05, 0.1) is 34.1 Å². The minimum absolute atomic E-state index is 0.0945. The van der Waals surface area contributed by atoms with E-state index in [1.165, 1.54) is 23.6 Å². The van der Waals surface area contributed by atoms with Crippen molar-refractivity contribution in [2.45, 2.75) is 160 Å². The van der Waals surface area contributed by atoms with E-state index in [1.54, 1.807) is 32.0 Å². The summed E-state index contributed by atoms with van der Waals surface area (Å²) in [5.74, 6) is 2.73. The van der Waals surface area contributed by atoms with Crippen LogP contribution in [-0.2, 0) is 52.2 Å². The number of nitrogens with zero attached hydrogens (tertiary/aromatic N) is 13. The Balaban J connectivity index is 0.000000159. The van der Waals surface area contributed by atoms with Gasteiger partial charge in [-0.15, -0.1) is 22.7 Å². The molecule has 101 heavy (non-hydrogen) atoms. The van der Waals surface area contributed by atoms with Crippen LogP contribution >= 0.6 is 22.7 Å². The number of hydrogen-bond acceptors (Lipinski definition) is 19. The third-order valence-electron chi connectivity index (χ3n) is 22.1. The Morgan fingerprint density at radius 2 is 1.06 bits per heavy atom. The molecule has 29 heteroatoms. The van der Waals surface area contributed by atoms with Crippen molar-refractivity contribution in [3.63, 3.8) is 0 Å². The SMILES string of the molecule is Cc1c(C=O)ccc2c1cc(C#N)n2C[C@H](C)N1CCC(S(C)(=O)=O)CC1.Cc1nc(N2CCC3(CCN(Cc4ccc5c(cc(C#N)n5C[C@H](C)N5CCC(S(C)(=O)=O)CC5)c4C)C3)C2)c2cc(CC(F)(F)F)sc2n1.Cc1nc(N2CCC3(CCNC3)C2)c2cc(CC(F)(F)F)sc2n1. The smallest absolute Gasteiger partial charge is 0.355 e. The van der Waals surface area contributed by atoms with E-state index in [1.807, 2.05) is 29.7 Å². The number of aldehydes is 1. The zero-order chi connectivity index (χ0) is 72.3. The number of halogens is 6. The third-order valence-corrected chi connectivity index (χ3v) is 27.5. The van der Waals surface area contributed by atoms with Crippen molar-refractivity contribution in [1.29, 1.82) is 10.5 Å². The predicted octanol–water partition coefficient (Wildman–Crippen LogP) is 12.1. The summed E-state index contributed by atoms with van der Waals surface area (Å²) >= 11 is 2.23. The number of alkyl halides is 6. The van der Waals surface area contributed by atoms with E-state index >= 15 is 0 Å². The normalized spacial score (nSPS) is 21.5. The number of anilines is 2. The van der Waals surface area contributed by atoms with Crippen LogP contribution in [0.15, 0.2) is 48.5 Å². The highest BCUT2D eigenvalue weighted by Crippen LogP contribution is 2.45. The number of piperidine rings is 2. The topological polar surface area (TPSA) is 223 Å². The molecular formula is C72H88F6N14O5S4. The van der Waals surface area contributed by atoms with Crippen molar-refractivity contribution >= 4 is 103 Å². The van der Waals surface area contributed by atoms with Crippen molar-refractivity contribution in [1.82, 2.24) is 49.1 Å². The highest BCUT2D eigenvalue weighted by atomic mass is 32.2. The maximum absolute atomic E-state index is 13.2. The van der Waals surface area contributed by atoms with E-state index in [0.717, 1.165) is 184 Å². The van der Waals surface area contributed by atoms with Crippen LogP contribution in [0.25, 0.3) is 42.2 Å². The molecule has 19 nitrogen and oxygen atoms in total. The van der Waals surface area contributed by atoms with Crippen LogP contribution in [0.3, 0.4) is 0 Å². The molecule has 6 aromatic heterocycles. The summed E-state index contributed by atoms with van der Waals surface area (Å²) < 4.78 is 129. The number of likely N-dealkylation sites (tertiary alicyclic amines) is 3. The molecule has 0 bridgehead atoms. The molecule has 4 atom stereocenters. The number of carbonyl (C=O) groups excluding carboxylic acids is 1. The van der Waals surface area contributed by atoms with Gasteiger partial charge in [-0.1, -0.05) is 6.07 Å². The van der Waals surface area contributed by atoms with Crippen LogP contribution in [0, 0.1) is 61.2 Å². The van der Waals surface area contributed by atoms with Crippen LogP contribution in [0.1, 0.15) is 125 Å². The van der Waals surface area contributed by atoms with Gasteiger partial charge in [0.1, 0.15) is 82.4 Å². The number of nitriles is 2. The fourth-order valence-electron chi connectivity index (χ4n) is 16.4. The van der Waals surface area contributed by atoms with Gasteiger partial charge in [-0.3, -0.25) is 19.5 Å². The number of aryl methyl sites for hydroxylation is 4. The van der Waals surface area contributed by atoms with E-state index in [2.05, 4.69) is 94.4 Å². The first-order valence-corrected chi connectivity index (χ1v) is 40.2. The fraction of sp³-hybridized carbons (Fsp3) is 0.569. The third kappa shape index (κ3) is 16.4. The molecule has 12 heterocycles. The number of carbonyl (C=O) groups is 1. The molecule has 1 N–H and O–H groups in total. The first-order chi connectivity index (χ1) is 47.7. The largest absolute Gasteiger partial charge is 0.393 e. The second-order valence-corrected chi connectivity index (χ2v) is 36.2. The first kappa shape index (κ1) is 73.9. The van der Waals surface area contributed by atoms with E-state index in [-0.39, 0.29) is 38.3 Å². The van der Waals surface area contributed by atoms with Crippen LogP contribution < -0.4 is 15.1 Å². The zero-order valence-corrected chi connectivity index (χ0v) is 61.7. The summed E-state index contributed by atoms with van der Waals surface area (Å²) in [7, 11) is -6.01. The fourth-order valence-corrected chi connectivity index (χ4v) is 20.8. The minimum Gasteiger partial charge on any atom is -0.355 e. The van der Waals surface area contributed by atoms with Gasteiger partial charge in [-0.05, 0) is 191 Å². The number of aromatic nitrogens is 6. The van der Waals surface area contributed by atoms with Gasteiger partial charge in [0, 0.05) is 131 Å². The van der Waals surface area contributed by atoms with Crippen molar-refractivity contribution in [2.24, 2.45) is 10.8 Å². The molecule has 6 saturated heterocycles. The number of nitrogens with one attached hydrogen (secondary N) is 1. The Labute approximate surface area is 594 Å². The maximum Gasteiger partial charge on any atom is 0.393 e. The molecule has 0 amide bonds. The Morgan fingerprint density at radius 3 is 1.50 bits per heavy atom. The molecule has 0 aliphatic carbocycles. The molecule has 2 spiro atoms. The Kier molecular flexibility index (Phi) is 21.2. The number of benzene rings is 2. The highest BCUT2D eigenvalue weighted by Gasteiger charge is 2.45. The second kappa shape index (κ2) is 29.0. The Morgan fingerprint density at radius 1 is 0.604 bits per heavy atom. The lowest BCUT2D eigenvalue weighted by molar-refractivity contribution is -0.127. The predicted molar refractivity (Wildman–Crippen MR) is 386 cm³/mol. The maximum atomic E-state index is 13.2. The van der Waals surface area contributed by atoms with Crippen molar-refractivity contribution in [3.8, 4) is 12.1 Å². The van der Waals surface area contributed by atoms with Gasteiger partial charge in [0.25, 0.3) is 0 Å². The van der Waals surface area contributed by atoms with E-state index in [4.69, 9.17) is 4.98 Å². The van der Waals surface area contributed by atoms with Crippen molar-refractivity contribution in [3.05, 3.63) is 104 Å². The number of rotatable bonds is 15. The summed E-state index contributed by atoms with van der Waals surface area (Å²) in [5.41, 5.74) is 7.54. The lowest BCUT2D eigenvalue weighted by atomic mass is 9.86. The Bertz CT molecular complexity index is 4740. The molecule has 6 aliphatic heterocycles. The Hall–Kier alpha value is -6.83. The quantitative estimate of drug-likeness (QED) is 0.0744. The molecule has 8 aromatic rings. The van der Waals surface area contributed by atoms with E-state index in [9.17, 15) is 58.5 Å². The molecule has 2 unspecified atom stereocenters. The molecule has 0 radical (unpaired) electrons. The monoisotopic (exact) mass is 1470 g/mol. The number of sulfone groups is 2. The van der Waals surface area contributed by atoms with Gasteiger partial charge in [-0.2, -0.15) is 36.9 Å². The van der Waals surface area contributed by atoms with E-state index < -0.39 is 44.9 Å². The molecule has 14 rings (SSSR count). The van der Waals surface area contributed by atoms with Gasteiger partial charge in [0.2, 0.25) is 0 Å². The van der Waals surface area contributed by atoms with E-state index in [0.29, 0.717) is 87.3 Å². The molecule has 6 aliphatic rings. The average molecular weight is 1470 g/mol. The highest BCUT2D eigenvalue weighted by molar-refractivity contribution is 7.91. The zero-order valence-electron chi connectivity index (χ0n) is 58.4. The lowest BCUT2D eigenvalue weighted by Gasteiger charge is -2.35. The standard InChI is InChI=1S/C36H44F3N7O2S2.C20H25N3O3S.C16H19F3N4S/c1-23(44-11-7-29(8-12-44)50(4,47)48)19-46-27(18-40)15-30-24(2)26(5-6-32(30)46)20-43-13-9-35(21-43)10-14-45(22-35)33-31-16-28(17-36(37,38)39)49-34(31)42-25(3)41-33;1-14(22-8-6-18(7-9-22)27(3,25)26)12-23-17(11-21)10-19-15(2)16(13-24)4-5-20(19)23;1-10-21-13(23-5-3-15(9-23)2-4-20-8-15)12-6-11(7-16(17,18)19)24-14(12)22-10/h5-6,15-16,23,29H,7-14,17,19-22H2,1-4H3;4-5,10,13-14,18H,6-9,12H2,1-3H3;6,20H,2-5,7-9H2,1H3/t23-,35?;14-;/m00./s1. The molecule has 6 fully saturated rings. The summed E-state index contributed by atoms with van der Waals surface area (Å²) in [4.78, 5) is 42.7. The number of thiophene rings is 2. The van der Waals surface area contributed by atoms with Gasteiger partial charge in [0.15, 0.2) is 0 Å². The lowest BCUT2D eigenvalue weighted by Crippen LogP contribution is -2.44.